The molecule has 0 aromatic carbocycles. The molecule has 0 aliphatic carbocycles. The maximum absolute atomic E-state index is 11.1. The molecule has 0 saturated carbocycles. The molecular formula is C7H12N2O2S. The third-order valence-electron chi connectivity index (χ3n) is 1.80. The highest BCUT2D eigenvalue weighted by Crippen LogP contribution is 1.97. The normalized spacial score (nSPS) is 18.4. The van der Waals surface area contributed by atoms with E-state index in [4.69, 9.17) is 0 Å². The lowest BCUT2D eigenvalue weighted by atomic mass is 10.4. The van der Waals surface area contributed by atoms with Gasteiger partial charge in [0.15, 0.2) is 0 Å². The van der Waals surface area contributed by atoms with E-state index in [-0.39, 0.29) is 17.6 Å². The van der Waals surface area contributed by atoms with Crippen LogP contribution in [0.25, 0.3) is 0 Å². The van der Waals surface area contributed by atoms with Gasteiger partial charge in [-0.15, -0.1) is 0 Å². The minimum Gasteiger partial charge on any atom is -0.354 e. The zero-order chi connectivity index (χ0) is 8.97. The molecule has 1 heterocycles. The summed E-state index contributed by atoms with van der Waals surface area (Å²) in [5.41, 5.74) is 0. The second-order valence-corrected chi connectivity index (χ2v) is 2.96. The van der Waals surface area contributed by atoms with Gasteiger partial charge in [-0.1, -0.05) is 0 Å². The average molecular weight is 188 g/mol. The van der Waals surface area contributed by atoms with Crippen molar-refractivity contribution in [1.29, 1.82) is 0 Å². The van der Waals surface area contributed by atoms with Gasteiger partial charge in [0, 0.05) is 26.1 Å². The van der Waals surface area contributed by atoms with Gasteiger partial charge in [0.1, 0.15) is 0 Å². The summed E-state index contributed by atoms with van der Waals surface area (Å²) in [7, 11) is 0. The number of carbonyl (C=O) groups excluding carboxylic acids is 2. The molecule has 1 rings (SSSR count). The highest BCUT2D eigenvalue weighted by atomic mass is 32.1. The van der Waals surface area contributed by atoms with E-state index in [2.05, 4.69) is 17.9 Å². The van der Waals surface area contributed by atoms with E-state index in [1.807, 2.05) is 0 Å². The topological polar surface area (TPSA) is 49.4 Å². The minimum absolute atomic E-state index is 0.00478. The fraction of sp³-hybridized carbons (Fsp3) is 0.714. The van der Waals surface area contributed by atoms with Gasteiger partial charge in [-0.3, -0.25) is 9.59 Å². The summed E-state index contributed by atoms with van der Waals surface area (Å²) < 4.78 is 0. The molecule has 2 amide bonds. The zero-order valence-corrected chi connectivity index (χ0v) is 7.64. The molecule has 5 heteroatoms. The summed E-state index contributed by atoms with van der Waals surface area (Å²) in [6.45, 7) is 1.68. The van der Waals surface area contributed by atoms with Gasteiger partial charge in [-0.25, -0.2) is 0 Å². The van der Waals surface area contributed by atoms with Crippen LogP contribution in [-0.2, 0) is 9.59 Å². The number of carbonyl (C=O) groups is 2. The first-order chi connectivity index (χ1) is 5.74. The predicted molar refractivity (Wildman–Crippen MR) is 48.1 cm³/mol. The lowest BCUT2D eigenvalue weighted by Crippen LogP contribution is -2.34. The van der Waals surface area contributed by atoms with E-state index >= 15 is 0 Å². The van der Waals surface area contributed by atoms with E-state index in [0.29, 0.717) is 26.1 Å². The van der Waals surface area contributed by atoms with Crippen molar-refractivity contribution in [3.8, 4) is 0 Å². The largest absolute Gasteiger partial charge is 0.354 e. The Kier molecular flexibility index (Phi) is 3.40. The summed E-state index contributed by atoms with van der Waals surface area (Å²) in [4.78, 5) is 23.7. The molecule has 1 N–H and O–H groups in total. The van der Waals surface area contributed by atoms with E-state index in [0.717, 1.165) is 0 Å². The van der Waals surface area contributed by atoms with Crippen LogP contribution < -0.4 is 5.32 Å². The van der Waals surface area contributed by atoms with Crippen molar-refractivity contribution in [3.05, 3.63) is 0 Å². The average Bonchev–Trinajstić information content (AvgIpc) is 2.29. The van der Waals surface area contributed by atoms with Gasteiger partial charge in [0.25, 0.3) is 0 Å². The van der Waals surface area contributed by atoms with Crippen molar-refractivity contribution in [2.45, 2.75) is 6.42 Å². The predicted octanol–water partition coefficient (Wildman–Crippen LogP) is -0.735. The van der Waals surface area contributed by atoms with Crippen LogP contribution in [0, 0.1) is 0 Å². The number of hydrogen-bond acceptors (Lipinski definition) is 3. The second-order valence-electron chi connectivity index (χ2n) is 2.64. The van der Waals surface area contributed by atoms with Crippen molar-refractivity contribution < 1.29 is 9.59 Å². The van der Waals surface area contributed by atoms with Crippen LogP contribution in [0.15, 0.2) is 0 Å². The van der Waals surface area contributed by atoms with E-state index in [1.54, 1.807) is 4.90 Å². The van der Waals surface area contributed by atoms with E-state index in [1.165, 1.54) is 0 Å². The second kappa shape index (κ2) is 4.35. The molecule has 0 atom stereocenters. The van der Waals surface area contributed by atoms with E-state index < -0.39 is 0 Å². The Morgan fingerprint density at radius 3 is 3.00 bits per heavy atom. The van der Waals surface area contributed by atoms with Crippen LogP contribution in [0.4, 0.5) is 0 Å². The van der Waals surface area contributed by atoms with Crippen molar-refractivity contribution in [1.82, 2.24) is 10.2 Å². The van der Waals surface area contributed by atoms with Crippen molar-refractivity contribution in [2.75, 3.05) is 25.4 Å². The molecule has 0 bridgehead atoms. The van der Waals surface area contributed by atoms with Crippen molar-refractivity contribution in [2.24, 2.45) is 0 Å². The molecule has 0 unspecified atom stereocenters. The molecule has 1 fully saturated rings. The van der Waals surface area contributed by atoms with Gasteiger partial charge < -0.3 is 10.2 Å². The smallest absolute Gasteiger partial charge is 0.232 e. The fourth-order valence-electron chi connectivity index (χ4n) is 1.12. The van der Waals surface area contributed by atoms with Crippen molar-refractivity contribution in [3.63, 3.8) is 0 Å². The first kappa shape index (κ1) is 9.38. The summed E-state index contributed by atoms with van der Waals surface area (Å²) >= 11 is 3.89. The van der Waals surface area contributed by atoms with E-state index in [9.17, 15) is 9.59 Å². The Morgan fingerprint density at radius 2 is 2.33 bits per heavy atom. The number of rotatable bonds is 1. The van der Waals surface area contributed by atoms with Crippen molar-refractivity contribution >= 4 is 24.4 Å². The lowest BCUT2D eigenvalue weighted by molar-refractivity contribution is -0.128. The molecule has 0 spiro atoms. The summed E-state index contributed by atoms with van der Waals surface area (Å²) in [6, 6.07) is 0. The molecule has 68 valence electrons. The summed E-state index contributed by atoms with van der Waals surface area (Å²) in [5, 5.41) is 2.70. The number of thiol groups is 1. The van der Waals surface area contributed by atoms with Crippen LogP contribution in [0.3, 0.4) is 0 Å². The first-order valence-corrected chi connectivity index (χ1v) is 4.52. The number of amides is 2. The molecule has 1 aliphatic heterocycles. The Hall–Kier alpha value is -0.710. The van der Waals surface area contributed by atoms with Crippen LogP contribution in [0.2, 0.25) is 0 Å². The van der Waals surface area contributed by atoms with Gasteiger partial charge >= 0.3 is 0 Å². The maximum Gasteiger partial charge on any atom is 0.232 e. The Balaban J connectivity index is 2.45. The Labute approximate surface area is 76.7 Å². The highest BCUT2D eigenvalue weighted by molar-refractivity contribution is 7.81. The Morgan fingerprint density at radius 1 is 1.58 bits per heavy atom. The quantitative estimate of drug-likeness (QED) is 0.533. The third kappa shape index (κ3) is 2.41. The van der Waals surface area contributed by atoms with Gasteiger partial charge in [-0.2, -0.15) is 12.6 Å². The number of hydrogen-bond donors (Lipinski definition) is 2. The van der Waals surface area contributed by atoms with Crippen LogP contribution >= 0.6 is 12.6 Å². The Bertz CT molecular complexity index is 196. The fourth-order valence-corrected chi connectivity index (χ4v) is 1.32. The third-order valence-corrected chi connectivity index (χ3v) is 2.07. The molecule has 0 radical (unpaired) electrons. The van der Waals surface area contributed by atoms with Gasteiger partial charge in [0.05, 0.1) is 5.75 Å². The maximum atomic E-state index is 11.1. The molecule has 1 saturated heterocycles. The lowest BCUT2D eigenvalue weighted by Gasteiger charge is -2.17. The summed E-state index contributed by atoms with van der Waals surface area (Å²) in [5.74, 6) is 0.230. The van der Waals surface area contributed by atoms with Crippen LogP contribution in [0.1, 0.15) is 6.42 Å². The highest BCUT2D eigenvalue weighted by Gasteiger charge is 2.16. The SMILES string of the molecule is O=C1CCN(C(=O)CS)CCN1. The van der Waals surface area contributed by atoms with Gasteiger partial charge in [-0.05, 0) is 0 Å². The molecule has 12 heavy (non-hydrogen) atoms. The van der Waals surface area contributed by atoms with Crippen LogP contribution in [-0.4, -0.2) is 42.1 Å². The number of nitrogens with one attached hydrogen (secondary N) is 1. The summed E-state index contributed by atoms with van der Waals surface area (Å²) in [6.07, 6.45) is 0.402. The zero-order valence-electron chi connectivity index (χ0n) is 6.75. The minimum atomic E-state index is -0.00478. The first-order valence-electron chi connectivity index (χ1n) is 3.89. The molecular weight excluding hydrogens is 176 g/mol. The molecule has 0 aromatic heterocycles. The van der Waals surface area contributed by atoms with Crippen LogP contribution in [0.5, 0.6) is 0 Å². The standard InChI is InChI=1S/C7H12N2O2S/c10-6-1-3-9(4-2-8-6)7(11)5-12/h12H,1-5H2,(H,8,10). The monoisotopic (exact) mass is 188 g/mol. The molecule has 4 nitrogen and oxygen atoms in total. The molecule has 1 aliphatic rings. The number of nitrogens with zero attached hydrogens (tertiary/aromatic N) is 1. The molecule has 0 aromatic rings. The van der Waals surface area contributed by atoms with Gasteiger partial charge in [0.2, 0.25) is 11.8 Å².